The number of hydrogen-bond acceptors (Lipinski definition) is 4. The average Bonchev–Trinajstić information content (AvgIpc) is 2.38. The molecule has 20 heavy (non-hydrogen) atoms. The van der Waals surface area contributed by atoms with Crippen molar-refractivity contribution in [2.24, 2.45) is 5.73 Å². The number of nitrogens with two attached hydrogens (primary N) is 1. The molecule has 0 aromatic heterocycles. The summed E-state index contributed by atoms with van der Waals surface area (Å²) in [6.45, 7) is 6.85. The van der Waals surface area contributed by atoms with Gasteiger partial charge in [-0.1, -0.05) is 0 Å². The molecule has 6 heteroatoms. The van der Waals surface area contributed by atoms with Gasteiger partial charge in [-0.05, 0) is 45.0 Å². The number of benzene rings is 1. The van der Waals surface area contributed by atoms with Gasteiger partial charge in [0.15, 0.2) is 0 Å². The molecule has 4 nitrogen and oxygen atoms in total. The van der Waals surface area contributed by atoms with Gasteiger partial charge in [0.05, 0.1) is 12.4 Å². The van der Waals surface area contributed by atoms with Crippen molar-refractivity contribution in [2.45, 2.75) is 31.2 Å². The van der Waals surface area contributed by atoms with Crippen LogP contribution in [0, 0.1) is 0 Å². The van der Waals surface area contributed by atoms with E-state index in [2.05, 4.69) is 5.32 Å². The number of carbonyl (C=O) groups excluding carboxylic acids is 1. The minimum absolute atomic E-state index is 0. The second kappa shape index (κ2) is 9.10. The molecule has 3 N–H and O–H groups in total. The highest BCUT2D eigenvalue weighted by Gasteiger charge is 2.17. The number of hydrogen-bond donors (Lipinski definition) is 2. The van der Waals surface area contributed by atoms with Gasteiger partial charge in [-0.25, -0.2) is 0 Å². The van der Waals surface area contributed by atoms with Gasteiger partial charge in [-0.2, -0.15) is 0 Å². The third-order valence-corrected chi connectivity index (χ3v) is 3.50. The van der Waals surface area contributed by atoms with Crippen molar-refractivity contribution >= 4 is 30.1 Å². The molecule has 114 valence electrons. The first kappa shape index (κ1) is 19.1. The maximum absolute atomic E-state index is 11.7. The first-order valence-electron chi connectivity index (χ1n) is 6.33. The summed E-state index contributed by atoms with van der Waals surface area (Å²) in [5.41, 5.74) is 5.22. The van der Waals surface area contributed by atoms with Crippen molar-refractivity contribution < 1.29 is 9.53 Å². The first-order valence-corrected chi connectivity index (χ1v) is 7.32. The molecule has 1 aromatic carbocycles. The minimum atomic E-state index is -0.351. The molecule has 0 atom stereocenters. The van der Waals surface area contributed by atoms with E-state index in [0.717, 1.165) is 10.6 Å². The van der Waals surface area contributed by atoms with E-state index in [1.165, 1.54) is 11.8 Å². The monoisotopic (exact) mass is 318 g/mol. The fraction of sp³-hybridized carbons (Fsp3) is 0.500. The van der Waals surface area contributed by atoms with E-state index in [4.69, 9.17) is 10.5 Å². The van der Waals surface area contributed by atoms with Crippen molar-refractivity contribution in [2.75, 3.05) is 18.9 Å². The van der Waals surface area contributed by atoms with Crippen LogP contribution in [0.15, 0.2) is 29.2 Å². The molecular formula is C14H23ClN2O2S. The zero-order valence-corrected chi connectivity index (χ0v) is 13.8. The Hall–Kier alpha value is -0.910. The molecule has 1 aromatic rings. The summed E-state index contributed by atoms with van der Waals surface area (Å²) in [7, 11) is 0. The summed E-state index contributed by atoms with van der Waals surface area (Å²) in [5, 5.41) is 2.90. The fourth-order valence-electron chi connectivity index (χ4n) is 1.41. The van der Waals surface area contributed by atoms with E-state index in [-0.39, 0.29) is 23.9 Å². The van der Waals surface area contributed by atoms with E-state index in [9.17, 15) is 4.79 Å². The summed E-state index contributed by atoms with van der Waals surface area (Å²) in [5.74, 6) is 1.23. The van der Waals surface area contributed by atoms with Gasteiger partial charge in [0.25, 0.3) is 0 Å². The Balaban J connectivity index is 0.00000361. The van der Waals surface area contributed by atoms with Gasteiger partial charge in [0.1, 0.15) is 5.75 Å². The summed E-state index contributed by atoms with van der Waals surface area (Å²) in [6.07, 6.45) is 0. The molecule has 0 aliphatic rings. The largest absolute Gasteiger partial charge is 0.494 e. The topological polar surface area (TPSA) is 64.3 Å². The normalized spacial score (nSPS) is 10.6. The van der Waals surface area contributed by atoms with Gasteiger partial charge in [-0.15, -0.1) is 24.2 Å². The SMILES string of the molecule is CCOc1ccc(SCC(=O)NC(C)(C)CN)cc1.Cl. The average molecular weight is 319 g/mol. The smallest absolute Gasteiger partial charge is 0.230 e. The molecule has 0 fully saturated rings. The lowest BCUT2D eigenvalue weighted by Crippen LogP contribution is -2.49. The summed E-state index contributed by atoms with van der Waals surface area (Å²) >= 11 is 1.50. The maximum atomic E-state index is 11.7. The molecule has 0 bridgehead atoms. The van der Waals surface area contributed by atoms with Gasteiger partial charge in [0, 0.05) is 17.0 Å². The Morgan fingerprint density at radius 3 is 2.45 bits per heavy atom. The molecule has 0 radical (unpaired) electrons. The standard InChI is InChI=1S/C14H22N2O2S.ClH/c1-4-18-11-5-7-12(8-6-11)19-9-13(17)16-14(2,3)10-15;/h5-8H,4,9-10,15H2,1-3H3,(H,16,17);1H. The Bertz CT molecular complexity index is 410. The highest BCUT2D eigenvalue weighted by molar-refractivity contribution is 8.00. The van der Waals surface area contributed by atoms with Crippen molar-refractivity contribution in [1.82, 2.24) is 5.32 Å². The molecule has 0 aliphatic carbocycles. The molecule has 0 unspecified atom stereocenters. The van der Waals surface area contributed by atoms with E-state index < -0.39 is 0 Å². The van der Waals surface area contributed by atoms with Gasteiger partial charge >= 0.3 is 0 Å². The lowest BCUT2D eigenvalue weighted by atomic mass is 10.1. The van der Waals surface area contributed by atoms with E-state index >= 15 is 0 Å². The van der Waals surface area contributed by atoms with Gasteiger partial charge in [-0.3, -0.25) is 4.79 Å². The van der Waals surface area contributed by atoms with Crippen LogP contribution in [0.1, 0.15) is 20.8 Å². The zero-order valence-electron chi connectivity index (χ0n) is 12.1. The van der Waals surface area contributed by atoms with Gasteiger partial charge in [0.2, 0.25) is 5.91 Å². The van der Waals surface area contributed by atoms with Crippen LogP contribution in [0.2, 0.25) is 0 Å². The van der Waals surface area contributed by atoms with Crippen LogP contribution in [0.4, 0.5) is 0 Å². The quantitative estimate of drug-likeness (QED) is 0.758. The molecule has 0 saturated heterocycles. The first-order chi connectivity index (χ1) is 8.96. The predicted molar refractivity (Wildman–Crippen MR) is 86.9 cm³/mol. The Morgan fingerprint density at radius 2 is 1.95 bits per heavy atom. The predicted octanol–water partition coefficient (Wildman–Crippen LogP) is 2.45. The molecule has 0 spiro atoms. The zero-order chi connectivity index (χ0) is 14.3. The van der Waals surface area contributed by atoms with Crippen LogP contribution >= 0.6 is 24.2 Å². The van der Waals surface area contributed by atoms with E-state index in [0.29, 0.717) is 18.9 Å². The second-order valence-electron chi connectivity index (χ2n) is 4.83. The molecule has 0 saturated carbocycles. The van der Waals surface area contributed by atoms with E-state index in [1.54, 1.807) is 0 Å². The van der Waals surface area contributed by atoms with Crippen LogP contribution in [-0.2, 0) is 4.79 Å². The number of thioether (sulfide) groups is 1. The highest BCUT2D eigenvalue weighted by Crippen LogP contribution is 2.21. The van der Waals surface area contributed by atoms with Crippen LogP contribution in [-0.4, -0.2) is 30.4 Å². The lowest BCUT2D eigenvalue weighted by Gasteiger charge is -2.24. The minimum Gasteiger partial charge on any atom is -0.494 e. The van der Waals surface area contributed by atoms with Crippen molar-refractivity contribution in [3.63, 3.8) is 0 Å². The molecule has 0 heterocycles. The number of amides is 1. The Labute approximate surface area is 131 Å². The van der Waals surface area contributed by atoms with Crippen LogP contribution in [0.3, 0.4) is 0 Å². The van der Waals surface area contributed by atoms with Crippen molar-refractivity contribution in [3.8, 4) is 5.75 Å². The number of ether oxygens (including phenoxy) is 1. The second-order valence-corrected chi connectivity index (χ2v) is 5.88. The number of nitrogens with one attached hydrogen (secondary N) is 1. The summed E-state index contributed by atoms with van der Waals surface area (Å²) < 4.78 is 5.36. The Kier molecular flexibility index (Phi) is 8.69. The number of halogens is 1. The van der Waals surface area contributed by atoms with Gasteiger partial charge < -0.3 is 15.8 Å². The molecule has 1 rings (SSSR count). The van der Waals surface area contributed by atoms with Crippen molar-refractivity contribution in [1.29, 1.82) is 0 Å². The highest BCUT2D eigenvalue weighted by atomic mass is 35.5. The molecule has 1 amide bonds. The molecular weight excluding hydrogens is 296 g/mol. The molecule has 0 aliphatic heterocycles. The number of carbonyl (C=O) groups is 1. The van der Waals surface area contributed by atoms with Crippen LogP contribution < -0.4 is 15.8 Å². The van der Waals surface area contributed by atoms with Crippen LogP contribution in [0.25, 0.3) is 0 Å². The van der Waals surface area contributed by atoms with Crippen LogP contribution in [0.5, 0.6) is 5.75 Å². The fourth-order valence-corrected chi connectivity index (χ4v) is 2.11. The Morgan fingerprint density at radius 1 is 1.35 bits per heavy atom. The summed E-state index contributed by atoms with van der Waals surface area (Å²) in [6, 6.07) is 7.73. The third-order valence-electron chi connectivity index (χ3n) is 2.49. The summed E-state index contributed by atoms with van der Waals surface area (Å²) in [4.78, 5) is 12.8. The number of rotatable bonds is 7. The van der Waals surface area contributed by atoms with E-state index in [1.807, 2.05) is 45.0 Å². The van der Waals surface area contributed by atoms with Crippen molar-refractivity contribution in [3.05, 3.63) is 24.3 Å². The third kappa shape index (κ3) is 7.03. The lowest BCUT2D eigenvalue weighted by molar-refractivity contribution is -0.120. The maximum Gasteiger partial charge on any atom is 0.230 e.